The number of carbonyl (C=O) groups is 3. The maximum Gasteiger partial charge on any atom is 0.344 e. The summed E-state index contributed by atoms with van der Waals surface area (Å²) in [6.45, 7) is 0. The van der Waals surface area contributed by atoms with Crippen molar-refractivity contribution in [3.63, 3.8) is 0 Å². The van der Waals surface area contributed by atoms with Crippen LogP contribution in [0.1, 0.15) is 5.56 Å². The van der Waals surface area contributed by atoms with Crippen LogP contribution in [0.5, 0.6) is 0 Å². The normalized spacial score (nSPS) is 10.2. The molecule has 2 aromatic carbocycles. The molecule has 0 atom stereocenters. The Balaban J connectivity index is 1.84. The summed E-state index contributed by atoms with van der Waals surface area (Å²) in [6.07, 6.45) is 2.30. The van der Waals surface area contributed by atoms with Crippen LogP contribution in [0.2, 0.25) is 0 Å². The van der Waals surface area contributed by atoms with Crippen LogP contribution in [-0.2, 0) is 20.8 Å². The van der Waals surface area contributed by atoms with E-state index in [0.717, 1.165) is 11.8 Å². The second-order valence-electron chi connectivity index (χ2n) is 5.98. The van der Waals surface area contributed by atoms with Gasteiger partial charge in [-0.1, -0.05) is 30.3 Å². The summed E-state index contributed by atoms with van der Waals surface area (Å²) < 4.78 is 0. The lowest BCUT2D eigenvalue weighted by Gasteiger charge is -2.09. The van der Waals surface area contributed by atoms with Crippen molar-refractivity contribution < 1.29 is 24.6 Å². The Labute approximate surface area is 164 Å². The molecule has 3 aromatic rings. The molecule has 0 saturated heterocycles. The van der Waals surface area contributed by atoms with Crippen LogP contribution >= 0.6 is 0 Å². The zero-order valence-corrected chi connectivity index (χ0v) is 15.0. The van der Waals surface area contributed by atoms with Crippen molar-refractivity contribution in [2.24, 2.45) is 0 Å². The van der Waals surface area contributed by atoms with Crippen molar-refractivity contribution in [1.29, 1.82) is 0 Å². The predicted molar refractivity (Wildman–Crippen MR) is 105 cm³/mol. The van der Waals surface area contributed by atoms with Gasteiger partial charge in [0.1, 0.15) is 12.1 Å². The van der Waals surface area contributed by atoms with Crippen molar-refractivity contribution in [2.45, 2.75) is 6.42 Å². The molecule has 4 N–H and O–H groups in total. The van der Waals surface area contributed by atoms with Gasteiger partial charge >= 0.3 is 11.9 Å². The number of amides is 1. The number of rotatable bonds is 7. The highest BCUT2D eigenvalue weighted by molar-refractivity contribution is 6.12. The first-order valence-corrected chi connectivity index (χ1v) is 8.46. The lowest BCUT2D eigenvalue weighted by atomic mass is 10.1. The number of fused-ring (bicyclic) bond motifs is 1. The van der Waals surface area contributed by atoms with Crippen molar-refractivity contribution in [1.82, 2.24) is 9.97 Å². The summed E-state index contributed by atoms with van der Waals surface area (Å²) in [6, 6.07) is 14.2. The Morgan fingerprint density at radius 1 is 0.966 bits per heavy atom. The lowest BCUT2D eigenvalue weighted by Crippen LogP contribution is -2.14. The van der Waals surface area contributed by atoms with Crippen molar-refractivity contribution >= 4 is 40.3 Å². The molecule has 0 fully saturated rings. The molecule has 0 radical (unpaired) electrons. The first kappa shape index (κ1) is 19.5. The Kier molecular flexibility index (Phi) is 5.79. The summed E-state index contributed by atoms with van der Waals surface area (Å²) in [5.74, 6) is -3.18. The molecule has 1 aromatic heterocycles. The van der Waals surface area contributed by atoms with Crippen LogP contribution < -0.4 is 10.6 Å². The highest BCUT2D eigenvalue weighted by Gasteiger charge is 2.16. The van der Waals surface area contributed by atoms with Crippen LogP contribution in [0.4, 0.5) is 11.5 Å². The molecule has 9 heteroatoms. The smallest absolute Gasteiger partial charge is 0.344 e. The molecule has 29 heavy (non-hydrogen) atoms. The number of benzene rings is 2. The minimum atomic E-state index is -1.59. The first-order valence-electron chi connectivity index (χ1n) is 8.46. The standard InChI is InChI=1S/C20H16N4O5/c25-17(8-12-4-2-1-3-5-12)24-13-6-7-16-14(9-13)18(23-11-22-16)21-10-15(19(26)27)20(28)29/h1-7,9-11H,8H2,(H,24,25)(H,26,27)(H,28,29)(H,21,22,23). The van der Waals surface area contributed by atoms with E-state index >= 15 is 0 Å². The van der Waals surface area contributed by atoms with E-state index in [2.05, 4.69) is 20.6 Å². The fourth-order valence-corrected chi connectivity index (χ4v) is 2.59. The van der Waals surface area contributed by atoms with Crippen LogP contribution in [-0.4, -0.2) is 38.0 Å². The topological polar surface area (TPSA) is 142 Å². The quantitative estimate of drug-likeness (QED) is 0.273. The third kappa shape index (κ3) is 4.92. The van der Waals surface area contributed by atoms with E-state index in [9.17, 15) is 14.4 Å². The van der Waals surface area contributed by atoms with Gasteiger partial charge in [0.05, 0.1) is 11.9 Å². The van der Waals surface area contributed by atoms with Gasteiger partial charge in [0.25, 0.3) is 0 Å². The summed E-state index contributed by atoms with van der Waals surface area (Å²) in [5, 5.41) is 23.7. The Bertz CT molecular complexity index is 1100. The van der Waals surface area contributed by atoms with E-state index in [1.807, 2.05) is 30.3 Å². The predicted octanol–water partition coefficient (Wildman–Crippen LogP) is 2.28. The van der Waals surface area contributed by atoms with Crippen molar-refractivity contribution in [3.8, 4) is 0 Å². The van der Waals surface area contributed by atoms with E-state index in [-0.39, 0.29) is 18.1 Å². The number of hydrogen-bond acceptors (Lipinski definition) is 6. The third-order valence-corrected chi connectivity index (χ3v) is 3.94. The third-order valence-electron chi connectivity index (χ3n) is 3.94. The molecule has 0 spiro atoms. The van der Waals surface area contributed by atoms with Crippen LogP contribution in [0.25, 0.3) is 10.9 Å². The van der Waals surface area contributed by atoms with E-state index in [0.29, 0.717) is 16.6 Å². The van der Waals surface area contributed by atoms with E-state index in [4.69, 9.17) is 10.2 Å². The minimum Gasteiger partial charge on any atom is -0.477 e. The second kappa shape index (κ2) is 8.61. The fraction of sp³-hybridized carbons (Fsp3) is 0.0500. The fourth-order valence-electron chi connectivity index (χ4n) is 2.59. The first-order chi connectivity index (χ1) is 13.9. The SMILES string of the molecule is O=C(Cc1ccccc1)Nc1ccc2ncnc(NC=C(C(=O)O)C(=O)O)c2c1. The average Bonchev–Trinajstić information content (AvgIpc) is 2.68. The summed E-state index contributed by atoms with van der Waals surface area (Å²) in [7, 11) is 0. The molecule has 146 valence electrons. The van der Waals surface area contributed by atoms with Crippen LogP contribution in [0.3, 0.4) is 0 Å². The number of nitrogens with zero attached hydrogens (tertiary/aromatic N) is 2. The van der Waals surface area contributed by atoms with Gasteiger partial charge in [-0.05, 0) is 23.8 Å². The Morgan fingerprint density at radius 2 is 1.69 bits per heavy atom. The van der Waals surface area contributed by atoms with E-state index in [1.165, 1.54) is 6.33 Å². The van der Waals surface area contributed by atoms with Gasteiger partial charge in [-0.15, -0.1) is 0 Å². The second-order valence-corrected chi connectivity index (χ2v) is 5.98. The summed E-state index contributed by atoms with van der Waals surface area (Å²) in [5.41, 5.74) is 1.06. The highest BCUT2D eigenvalue weighted by Crippen LogP contribution is 2.23. The van der Waals surface area contributed by atoms with Gasteiger partial charge in [-0.3, -0.25) is 4.79 Å². The van der Waals surface area contributed by atoms with Crippen LogP contribution in [0.15, 0.2) is 66.6 Å². The molecular formula is C20H16N4O5. The van der Waals surface area contributed by atoms with Gasteiger partial charge in [0, 0.05) is 17.3 Å². The van der Waals surface area contributed by atoms with Crippen LogP contribution in [0, 0.1) is 0 Å². The molecule has 3 rings (SSSR count). The molecular weight excluding hydrogens is 376 g/mol. The molecule has 0 aliphatic heterocycles. The largest absolute Gasteiger partial charge is 0.477 e. The summed E-state index contributed by atoms with van der Waals surface area (Å²) >= 11 is 0. The monoisotopic (exact) mass is 392 g/mol. The lowest BCUT2D eigenvalue weighted by molar-refractivity contribution is -0.140. The van der Waals surface area contributed by atoms with E-state index < -0.39 is 17.5 Å². The number of anilines is 2. The molecule has 0 saturated carbocycles. The van der Waals surface area contributed by atoms with Gasteiger partial charge in [-0.2, -0.15) is 0 Å². The summed E-state index contributed by atoms with van der Waals surface area (Å²) in [4.78, 5) is 42.4. The highest BCUT2D eigenvalue weighted by atomic mass is 16.4. The zero-order chi connectivity index (χ0) is 20.8. The Morgan fingerprint density at radius 3 is 2.38 bits per heavy atom. The van der Waals surface area contributed by atoms with Crippen molar-refractivity contribution in [3.05, 3.63) is 72.2 Å². The van der Waals surface area contributed by atoms with Gasteiger partial charge < -0.3 is 20.8 Å². The maximum atomic E-state index is 12.3. The molecule has 9 nitrogen and oxygen atoms in total. The molecule has 1 amide bonds. The Hall–Kier alpha value is -4.27. The van der Waals surface area contributed by atoms with E-state index in [1.54, 1.807) is 18.2 Å². The number of carbonyl (C=O) groups excluding carboxylic acids is 1. The molecule has 0 aliphatic carbocycles. The molecule has 0 aliphatic rings. The zero-order valence-electron chi connectivity index (χ0n) is 15.0. The molecule has 0 bridgehead atoms. The maximum absolute atomic E-state index is 12.3. The molecule has 1 heterocycles. The van der Waals surface area contributed by atoms with Gasteiger partial charge in [-0.25, -0.2) is 19.6 Å². The number of carboxylic acids is 2. The number of nitrogens with one attached hydrogen (secondary N) is 2. The number of aromatic nitrogens is 2. The number of aliphatic carboxylic acids is 2. The number of carboxylic acid groups (broad SMARTS) is 2. The van der Waals surface area contributed by atoms with Gasteiger partial charge in [0.2, 0.25) is 5.91 Å². The average molecular weight is 392 g/mol. The van der Waals surface area contributed by atoms with Crippen molar-refractivity contribution in [2.75, 3.05) is 10.6 Å². The minimum absolute atomic E-state index is 0.203. The van der Waals surface area contributed by atoms with Gasteiger partial charge in [0.15, 0.2) is 5.57 Å². The molecule has 0 unspecified atom stereocenters. The number of hydrogen-bond donors (Lipinski definition) is 4.